The molecular weight excluding hydrogens is 364 g/mol. The molecule has 1 N–H and O–H groups in total. The number of carbonyl (C=O) groups excluding carboxylic acids is 1. The van der Waals surface area contributed by atoms with Crippen molar-refractivity contribution in [2.45, 2.75) is 13.8 Å². The first kappa shape index (κ1) is 15.1. The Balaban J connectivity index is 1.85. The fraction of sp³-hybridized carbons (Fsp3) is 0.125. The SMILES string of the molecule is Cc1ccc(N=C2NC(=O)/C(=C\c3ccc(Br)o3)S2)c(C)c1. The molecule has 1 aromatic heterocycles. The van der Waals surface area contributed by atoms with Gasteiger partial charge in [-0.15, -0.1) is 0 Å². The summed E-state index contributed by atoms with van der Waals surface area (Å²) in [5.41, 5.74) is 3.12. The molecule has 2 aromatic rings. The normalized spacial score (nSPS) is 18.2. The van der Waals surface area contributed by atoms with Crippen molar-refractivity contribution in [3.05, 3.63) is 56.8 Å². The number of rotatable bonds is 2. The van der Waals surface area contributed by atoms with E-state index < -0.39 is 0 Å². The van der Waals surface area contributed by atoms with Crippen LogP contribution in [0.4, 0.5) is 5.69 Å². The van der Waals surface area contributed by atoms with Gasteiger partial charge in [-0.05, 0) is 65.3 Å². The van der Waals surface area contributed by atoms with E-state index >= 15 is 0 Å². The number of nitrogens with one attached hydrogen (secondary N) is 1. The molecule has 22 heavy (non-hydrogen) atoms. The summed E-state index contributed by atoms with van der Waals surface area (Å²) in [4.78, 5) is 17.1. The molecule has 0 spiro atoms. The summed E-state index contributed by atoms with van der Waals surface area (Å²) in [7, 11) is 0. The number of aliphatic imine (C=N–C) groups is 1. The minimum Gasteiger partial charge on any atom is -0.450 e. The Labute approximate surface area is 140 Å². The molecule has 0 saturated carbocycles. The van der Waals surface area contributed by atoms with Gasteiger partial charge in [-0.3, -0.25) is 4.79 Å². The second-order valence-electron chi connectivity index (χ2n) is 4.91. The molecule has 0 unspecified atom stereocenters. The summed E-state index contributed by atoms with van der Waals surface area (Å²) in [5.74, 6) is 0.457. The van der Waals surface area contributed by atoms with Gasteiger partial charge in [0.15, 0.2) is 9.84 Å². The van der Waals surface area contributed by atoms with Crippen molar-refractivity contribution in [2.24, 2.45) is 4.99 Å². The Morgan fingerprint density at radius 1 is 1.27 bits per heavy atom. The van der Waals surface area contributed by atoms with E-state index in [4.69, 9.17) is 4.42 Å². The molecule has 0 atom stereocenters. The van der Waals surface area contributed by atoms with Crippen LogP contribution < -0.4 is 5.32 Å². The van der Waals surface area contributed by atoms with Crippen molar-refractivity contribution in [3.63, 3.8) is 0 Å². The number of amides is 1. The van der Waals surface area contributed by atoms with E-state index in [1.807, 2.05) is 26.0 Å². The number of hydrogen-bond acceptors (Lipinski definition) is 4. The Bertz CT molecular complexity index is 808. The smallest absolute Gasteiger partial charge is 0.264 e. The van der Waals surface area contributed by atoms with Crippen molar-refractivity contribution < 1.29 is 9.21 Å². The number of hydrogen-bond donors (Lipinski definition) is 1. The molecule has 112 valence electrons. The zero-order valence-electron chi connectivity index (χ0n) is 12.0. The number of nitrogens with zero attached hydrogens (tertiary/aromatic N) is 1. The van der Waals surface area contributed by atoms with Gasteiger partial charge in [0, 0.05) is 6.08 Å². The first-order valence-electron chi connectivity index (χ1n) is 6.63. The van der Waals surface area contributed by atoms with Crippen LogP contribution in [0.1, 0.15) is 16.9 Å². The lowest BCUT2D eigenvalue weighted by molar-refractivity contribution is -0.115. The van der Waals surface area contributed by atoms with E-state index in [9.17, 15) is 4.79 Å². The monoisotopic (exact) mass is 376 g/mol. The fourth-order valence-electron chi connectivity index (χ4n) is 2.06. The van der Waals surface area contributed by atoms with E-state index in [0.29, 0.717) is 20.5 Å². The van der Waals surface area contributed by atoms with Crippen LogP contribution in [0.2, 0.25) is 0 Å². The number of halogens is 1. The predicted molar refractivity (Wildman–Crippen MR) is 93.1 cm³/mol. The molecule has 1 saturated heterocycles. The van der Waals surface area contributed by atoms with Crippen LogP contribution in [0, 0.1) is 13.8 Å². The number of benzene rings is 1. The van der Waals surface area contributed by atoms with E-state index in [1.165, 1.54) is 17.3 Å². The summed E-state index contributed by atoms with van der Waals surface area (Å²) in [6.07, 6.45) is 1.70. The molecule has 0 bridgehead atoms. The minimum absolute atomic E-state index is 0.166. The summed E-state index contributed by atoms with van der Waals surface area (Å²) in [6.45, 7) is 4.04. The number of carbonyl (C=O) groups is 1. The third kappa shape index (κ3) is 3.34. The van der Waals surface area contributed by atoms with E-state index in [2.05, 4.69) is 32.3 Å². The summed E-state index contributed by atoms with van der Waals surface area (Å²) < 4.78 is 6.02. The quantitative estimate of drug-likeness (QED) is 0.782. The average Bonchev–Trinajstić information content (AvgIpc) is 3.00. The molecule has 0 radical (unpaired) electrons. The summed E-state index contributed by atoms with van der Waals surface area (Å²) in [5, 5.41) is 3.35. The molecule has 0 aliphatic carbocycles. The van der Waals surface area contributed by atoms with Crippen molar-refractivity contribution in [2.75, 3.05) is 0 Å². The molecule has 1 aliphatic heterocycles. The summed E-state index contributed by atoms with van der Waals surface area (Å²) in [6, 6.07) is 9.61. The lowest BCUT2D eigenvalue weighted by Crippen LogP contribution is -2.19. The summed E-state index contributed by atoms with van der Waals surface area (Å²) >= 11 is 4.55. The largest absolute Gasteiger partial charge is 0.450 e. The van der Waals surface area contributed by atoms with Crippen molar-refractivity contribution in [1.29, 1.82) is 0 Å². The highest BCUT2D eigenvalue weighted by Gasteiger charge is 2.24. The maximum Gasteiger partial charge on any atom is 0.264 e. The van der Waals surface area contributed by atoms with Crippen LogP contribution in [0.5, 0.6) is 0 Å². The fourth-order valence-corrected chi connectivity index (χ4v) is 3.19. The van der Waals surface area contributed by atoms with Gasteiger partial charge >= 0.3 is 0 Å². The third-order valence-electron chi connectivity index (χ3n) is 3.09. The van der Waals surface area contributed by atoms with Gasteiger partial charge in [-0.2, -0.15) is 0 Å². The Morgan fingerprint density at radius 3 is 2.77 bits per heavy atom. The van der Waals surface area contributed by atoms with Crippen LogP contribution in [-0.4, -0.2) is 11.1 Å². The predicted octanol–water partition coefficient (Wildman–Crippen LogP) is 4.55. The molecule has 1 amide bonds. The molecular formula is C16H13BrN2O2S. The highest BCUT2D eigenvalue weighted by Crippen LogP contribution is 2.30. The minimum atomic E-state index is -0.166. The van der Waals surface area contributed by atoms with Gasteiger partial charge < -0.3 is 9.73 Å². The van der Waals surface area contributed by atoms with Gasteiger partial charge in [0.2, 0.25) is 0 Å². The maximum absolute atomic E-state index is 12.0. The molecule has 6 heteroatoms. The highest BCUT2D eigenvalue weighted by molar-refractivity contribution is 9.10. The van der Waals surface area contributed by atoms with Crippen LogP contribution in [-0.2, 0) is 4.79 Å². The zero-order chi connectivity index (χ0) is 15.7. The van der Waals surface area contributed by atoms with Crippen molar-refractivity contribution >= 4 is 50.5 Å². The Hall–Kier alpha value is -1.79. The van der Waals surface area contributed by atoms with Crippen molar-refractivity contribution in [3.8, 4) is 0 Å². The molecule has 1 aliphatic rings. The van der Waals surface area contributed by atoms with Gasteiger partial charge in [-0.1, -0.05) is 17.7 Å². The van der Waals surface area contributed by atoms with Gasteiger partial charge in [0.05, 0.1) is 10.6 Å². The Kier molecular flexibility index (Phi) is 4.22. The van der Waals surface area contributed by atoms with E-state index in [-0.39, 0.29) is 5.91 Å². The third-order valence-corrected chi connectivity index (χ3v) is 4.43. The standard InChI is InChI=1S/C16H13BrN2O2S/c1-9-3-5-12(10(2)7-9)18-16-19-15(20)13(22-16)8-11-4-6-14(17)21-11/h3-8H,1-2H3,(H,18,19,20)/b13-8+. The van der Waals surface area contributed by atoms with E-state index in [1.54, 1.807) is 18.2 Å². The number of furan rings is 1. The van der Waals surface area contributed by atoms with Gasteiger partial charge in [0.25, 0.3) is 5.91 Å². The average molecular weight is 377 g/mol. The second-order valence-corrected chi connectivity index (χ2v) is 6.73. The van der Waals surface area contributed by atoms with E-state index in [0.717, 1.165) is 11.3 Å². The Morgan fingerprint density at radius 2 is 2.09 bits per heavy atom. The lowest BCUT2D eigenvalue weighted by atomic mass is 10.1. The van der Waals surface area contributed by atoms with Crippen molar-refractivity contribution in [1.82, 2.24) is 5.32 Å². The lowest BCUT2D eigenvalue weighted by Gasteiger charge is -2.02. The number of thioether (sulfide) groups is 1. The molecule has 4 nitrogen and oxygen atoms in total. The molecule has 1 fully saturated rings. The van der Waals surface area contributed by atoms with Crippen LogP contribution >= 0.6 is 27.7 Å². The highest BCUT2D eigenvalue weighted by atomic mass is 79.9. The first-order valence-corrected chi connectivity index (χ1v) is 8.24. The topological polar surface area (TPSA) is 54.6 Å². The molecule has 3 rings (SSSR count). The van der Waals surface area contributed by atoms with Crippen LogP contribution in [0.15, 0.2) is 49.3 Å². The molecule has 2 heterocycles. The number of aryl methyl sites for hydroxylation is 2. The van der Waals surface area contributed by atoms with Crippen LogP contribution in [0.25, 0.3) is 6.08 Å². The second kappa shape index (κ2) is 6.14. The maximum atomic E-state index is 12.0. The zero-order valence-corrected chi connectivity index (χ0v) is 14.4. The van der Waals surface area contributed by atoms with Gasteiger partial charge in [-0.25, -0.2) is 4.99 Å². The van der Waals surface area contributed by atoms with Crippen LogP contribution in [0.3, 0.4) is 0 Å². The van der Waals surface area contributed by atoms with Gasteiger partial charge in [0.1, 0.15) is 5.76 Å². The first-order chi connectivity index (χ1) is 10.5. The number of amidine groups is 1. The molecule has 1 aromatic carbocycles.